The van der Waals surface area contributed by atoms with Gasteiger partial charge >= 0.3 is 0 Å². The van der Waals surface area contributed by atoms with E-state index in [2.05, 4.69) is 282 Å². The molecule has 7 heterocycles. The summed E-state index contributed by atoms with van der Waals surface area (Å²) in [4.78, 5) is 66.3. The summed E-state index contributed by atoms with van der Waals surface area (Å²) in [7, 11) is 0. The second kappa shape index (κ2) is 32.8. The lowest BCUT2D eigenvalue weighted by Gasteiger charge is -2.14. The molecule has 0 unspecified atom stereocenters. The van der Waals surface area contributed by atoms with E-state index >= 15 is 0 Å². The summed E-state index contributed by atoms with van der Waals surface area (Å²) in [6.07, 6.45) is 0. The zero-order valence-electron chi connectivity index (χ0n) is 71.2. The molecule has 0 saturated heterocycles. The molecule has 15 heteroatoms. The zero-order valence-corrected chi connectivity index (χ0v) is 71.2. The van der Waals surface area contributed by atoms with Crippen molar-refractivity contribution < 1.29 is 0 Å². The highest BCUT2D eigenvalue weighted by Crippen LogP contribution is 2.35. The number of fused-ring (bicyclic) bond motifs is 6. The van der Waals surface area contributed by atoms with Crippen molar-refractivity contribution >= 4 is 65.4 Å². The first-order valence-corrected chi connectivity index (χ1v) is 36.7. The van der Waals surface area contributed by atoms with Crippen LogP contribution in [0.2, 0.25) is 0 Å². The number of aryl methyl sites for hydroxylation is 27. The molecule has 0 saturated carbocycles. The fraction of sp³-hybridized carbons (Fsp3) is 0.433. The molecule has 0 aliphatic heterocycles. The Balaban J connectivity index is 0.000000172. The molecule has 7 aromatic heterocycles. The van der Waals surface area contributed by atoms with Crippen LogP contribution in [-0.2, 0) is 0 Å². The van der Waals surface area contributed by atoms with Gasteiger partial charge in [-0.05, 0) is 404 Å². The Labute approximate surface area is 626 Å². The fourth-order valence-electron chi connectivity index (χ4n) is 14.9. The minimum Gasteiger partial charge on any atom is -0.238 e. The van der Waals surface area contributed by atoms with Crippen LogP contribution in [0.25, 0.3) is 65.4 Å². The Morgan fingerprint density at radius 3 is 0.305 bits per heavy atom. The summed E-state index contributed by atoms with van der Waals surface area (Å²) in [5.41, 5.74) is 45.1. The molecule has 0 atom stereocenters. The average molecular weight is 1410 g/mol. The van der Waals surface area contributed by atoms with E-state index in [4.69, 9.17) is 0 Å². The van der Waals surface area contributed by atoms with Gasteiger partial charge in [-0.3, -0.25) is 0 Å². The van der Waals surface area contributed by atoms with E-state index < -0.39 is 0 Å². The second-order valence-electron chi connectivity index (χ2n) is 29.5. The molecule has 0 amide bonds. The topological polar surface area (TPSA) is 193 Å². The van der Waals surface area contributed by atoms with Crippen LogP contribution in [0, 0.1) is 270 Å². The summed E-state index contributed by atoms with van der Waals surface area (Å²) in [6, 6.07) is 0. The minimum atomic E-state index is 0.792. The van der Waals surface area contributed by atoms with Crippen LogP contribution in [-0.4, -0.2) is 74.8 Å². The van der Waals surface area contributed by atoms with Crippen LogP contribution >= 0.6 is 0 Å². The molecule has 0 fully saturated rings. The van der Waals surface area contributed by atoms with Crippen molar-refractivity contribution in [2.75, 3.05) is 0 Å². The van der Waals surface area contributed by atoms with Crippen LogP contribution in [0.4, 0.5) is 0 Å². The minimum absolute atomic E-state index is 0.792. The summed E-state index contributed by atoms with van der Waals surface area (Å²) >= 11 is 0. The lowest BCUT2D eigenvalue weighted by atomic mass is 9.94. The van der Waals surface area contributed by atoms with Gasteiger partial charge < -0.3 is 0 Å². The fourth-order valence-corrected chi connectivity index (χ4v) is 14.9. The first kappa shape index (κ1) is 82.7. The Morgan fingerprint density at radius 1 is 0.0952 bits per heavy atom. The van der Waals surface area contributed by atoms with Gasteiger partial charge in [0.15, 0.2) is 0 Å². The quantitative estimate of drug-likeness (QED) is 0.139. The van der Waals surface area contributed by atoms with Gasteiger partial charge in [0.2, 0.25) is 0 Å². The Kier molecular flexibility index (Phi) is 25.8. The Bertz CT molecular complexity index is 4760. The maximum atomic E-state index is 4.59. The van der Waals surface area contributed by atoms with Crippen LogP contribution in [0.5, 0.6) is 0 Å². The molecule has 13 aromatic rings. The third kappa shape index (κ3) is 16.9. The molecule has 0 spiro atoms. The Hall–Kier alpha value is -9.63. The van der Waals surface area contributed by atoms with E-state index in [1.807, 2.05) is 62.3 Å². The maximum Gasteiger partial charge on any atom is 0.129 e. The van der Waals surface area contributed by atoms with Crippen LogP contribution in [0.15, 0.2) is 0 Å². The molecule has 0 aliphatic carbocycles. The molecule has 13 rings (SSSR count). The van der Waals surface area contributed by atoms with Gasteiger partial charge in [0.1, 0.15) is 52.4 Å². The van der Waals surface area contributed by atoms with Crippen molar-refractivity contribution in [1.82, 2.24) is 74.8 Å². The van der Waals surface area contributed by atoms with Crippen LogP contribution in [0.1, 0.15) is 220 Å². The van der Waals surface area contributed by atoms with Gasteiger partial charge in [-0.2, -0.15) is 0 Å². The smallest absolute Gasteiger partial charge is 0.129 e. The third-order valence-corrected chi connectivity index (χ3v) is 22.7. The molecular weight excluding hydrogens is 1290 g/mol. The van der Waals surface area contributed by atoms with Gasteiger partial charge in [0.25, 0.3) is 0 Å². The predicted octanol–water partition coefficient (Wildman–Crippen LogP) is 21.7. The van der Waals surface area contributed by atoms with Crippen molar-refractivity contribution in [3.8, 4) is 0 Å². The molecular formula is C90H117N15. The van der Waals surface area contributed by atoms with Crippen molar-refractivity contribution in [2.45, 2.75) is 270 Å². The number of nitrogens with zero attached hydrogens (tertiary/aromatic N) is 15. The normalized spacial score (nSPS) is 11.0. The molecule has 105 heavy (non-hydrogen) atoms. The second-order valence-corrected chi connectivity index (χ2v) is 29.5. The highest BCUT2D eigenvalue weighted by Gasteiger charge is 2.20. The molecule has 552 valence electrons. The lowest BCUT2D eigenvalue weighted by molar-refractivity contribution is 0.875. The third-order valence-electron chi connectivity index (χ3n) is 22.7. The molecule has 0 radical (unpaired) electrons. The van der Waals surface area contributed by atoms with E-state index in [1.165, 1.54) is 166 Å². The van der Waals surface area contributed by atoms with Gasteiger partial charge in [-0.1, -0.05) is 0 Å². The Morgan fingerprint density at radius 2 is 0.190 bits per heavy atom. The number of aromatic nitrogens is 15. The SMILES string of the molecule is Cc1nc(C)c2c(C)c(C)c(C)c(C)c2n1.Cc1nc(C)c2c(C)c(C)c(C)c(C)c2n1.Cc1nc(C)c2c(C)c(C)c(C)c(C)c2n1.Cc1nc(C)c2c(C)c(C)c(C)c(C)c2n1.Cc1nc(C)c2c(C)c(C)c(C)c(C)c2n1.Cc1nc(C)c2c(C)c(C)c(C)c(C)c2n1.Cc1nc(C)nc(C)n1. The standard InChI is InChI=1S/6C14H18N2.C6H9N3/c6*1-7-8(2)10(4)14-13(9(7)3)11(5)15-12(6)16-14;1-4-7-5(2)9-6(3)8-4/h6*1-6H3;1-3H3. The van der Waals surface area contributed by atoms with Crippen molar-refractivity contribution in [1.29, 1.82) is 0 Å². The summed E-state index contributed by atoms with van der Waals surface area (Å²) in [6.45, 7) is 81.7. The van der Waals surface area contributed by atoms with E-state index in [-0.39, 0.29) is 0 Å². The summed E-state index contributed by atoms with van der Waals surface area (Å²) in [5, 5.41) is 7.37. The highest BCUT2D eigenvalue weighted by atomic mass is 15.0. The molecule has 15 nitrogen and oxygen atoms in total. The van der Waals surface area contributed by atoms with Crippen LogP contribution < -0.4 is 0 Å². The number of benzene rings is 6. The first-order valence-electron chi connectivity index (χ1n) is 36.7. The number of hydrogen-bond donors (Lipinski definition) is 0. The lowest BCUT2D eigenvalue weighted by Crippen LogP contribution is -2.01. The van der Waals surface area contributed by atoms with Crippen molar-refractivity contribution in [2.24, 2.45) is 0 Å². The van der Waals surface area contributed by atoms with E-state index in [9.17, 15) is 0 Å². The maximum absolute atomic E-state index is 4.59. The van der Waals surface area contributed by atoms with E-state index in [1.54, 1.807) is 0 Å². The van der Waals surface area contributed by atoms with E-state index in [0.717, 1.165) is 120 Å². The monoisotopic (exact) mass is 1410 g/mol. The zero-order chi connectivity index (χ0) is 79.1. The molecule has 0 bridgehead atoms. The van der Waals surface area contributed by atoms with Crippen LogP contribution in [0.3, 0.4) is 0 Å². The molecule has 6 aromatic carbocycles. The first-order chi connectivity index (χ1) is 48.8. The summed E-state index contributed by atoms with van der Waals surface area (Å²) in [5.74, 6) is 7.52. The van der Waals surface area contributed by atoms with Crippen molar-refractivity contribution in [3.05, 3.63) is 220 Å². The molecule has 0 aliphatic rings. The van der Waals surface area contributed by atoms with Gasteiger partial charge in [-0.15, -0.1) is 0 Å². The van der Waals surface area contributed by atoms with Gasteiger partial charge in [-0.25, -0.2) is 74.8 Å². The average Bonchev–Trinajstić information content (AvgIpc) is 0.807. The largest absolute Gasteiger partial charge is 0.238 e. The van der Waals surface area contributed by atoms with E-state index in [0.29, 0.717) is 0 Å². The van der Waals surface area contributed by atoms with Gasteiger partial charge in [0.05, 0.1) is 33.1 Å². The number of rotatable bonds is 0. The van der Waals surface area contributed by atoms with Gasteiger partial charge in [0, 0.05) is 66.5 Å². The summed E-state index contributed by atoms with van der Waals surface area (Å²) < 4.78 is 0. The number of hydrogen-bond acceptors (Lipinski definition) is 15. The van der Waals surface area contributed by atoms with Crippen molar-refractivity contribution in [3.63, 3.8) is 0 Å². The highest BCUT2D eigenvalue weighted by molar-refractivity contribution is 5.93. The predicted molar refractivity (Wildman–Crippen MR) is 442 cm³/mol. The molecule has 0 N–H and O–H groups in total.